The van der Waals surface area contributed by atoms with Crippen molar-refractivity contribution in [3.63, 3.8) is 0 Å². The number of nitrogens with zero attached hydrogens (tertiary/aromatic N) is 4. The molecule has 2 aromatic heterocycles. The molecule has 1 aliphatic carbocycles. The van der Waals surface area contributed by atoms with Crippen LogP contribution < -0.4 is 20.9 Å². The summed E-state index contributed by atoms with van der Waals surface area (Å²) in [6, 6.07) is 12.8. The number of hydrogen-bond donors (Lipinski definition) is 2. The van der Waals surface area contributed by atoms with Gasteiger partial charge in [-0.15, -0.1) is 0 Å². The van der Waals surface area contributed by atoms with Crippen LogP contribution in [0.3, 0.4) is 0 Å². The van der Waals surface area contributed by atoms with Gasteiger partial charge in [-0.25, -0.2) is 13.8 Å². The normalized spacial score (nSPS) is 21.4. The summed E-state index contributed by atoms with van der Waals surface area (Å²) in [5.41, 5.74) is 7.36. The highest BCUT2D eigenvalue weighted by atomic mass is 35.5. The molecule has 1 aromatic carbocycles. The molecule has 0 bridgehead atoms. The number of halogens is 3. The molecule has 11 heteroatoms. The van der Waals surface area contributed by atoms with Gasteiger partial charge in [-0.05, 0) is 61.4 Å². The molecular weight excluding hydrogens is 538 g/mol. The van der Waals surface area contributed by atoms with Crippen LogP contribution in [-0.2, 0) is 10.2 Å². The Balaban J connectivity index is 1.09. The van der Waals surface area contributed by atoms with Gasteiger partial charge < -0.3 is 20.9 Å². The summed E-state index contributed by atoms with van der Waals surface area (Å²) in [5, 5.41) is 3.01. The molecule has 1 spiro atoms. The van der Waals surface area contributed by atoms with E-state index in [4.69, 9.17) is 17.3 Å². The highest BCUT2D eigenvalue weighted by Crippen LogP contribution is 2.49. The second-order valence-corrected chi connectivity index (χ2v) is 11.3. The Hall–Kier alpha value is -3.79. The van der Waals surface area contributed by atoms with Crippen molar-refractivity contribution in [1.29, 1.82) is 0 Å². The summed E-state index contributed by atoms with van der Waals surface area (Å²) in [7, 11) is 0. The van der Waals surface area contributed by atoms with E-state index in [1.807, 2.05) is 29.2 Å². The lowest BCUT2D eigenvalue weighted by molar-refractivity contribution is -0.124. The van der Waals surface area contributed by atoms with Crippen molar-refractivity contribution in [2.24, 2.45) is 5.92 Å². The maximum atomic E-state index is 13.9. The largest absolute Gasteiger partial charge is 0.384 e. The lowest BCUT2D eigenvalue weighted by atomic mass is 9.74. The number of para-hydroxylation sites is 1. The van der Waals surface area contributed by atoms with Gasteiger partial charge in [-0.1, -0.05) is 29.8 Å². The molecule has 4 heterocycles. The number of nitrogens with two attached hydrogens (primary N) is 1. The Morgan fingerprint density at radius 2 is 1.85 bits per heavy atom. The molecule has 3 aromatic rings. The number of alkyl halides is 2. The van der Waals surface area contributed by atoms with E-state index in [9.17, 15) is 18.4 Å². The van der Waals surface area contributed by atoms with Gasteiger partial charge in [0.25, 0.3) is 12.3 Å². The highest BCUT2D eigenvalue weighted by molar-refractivity contribution is 6.30. The zero-order valence-electron chi connectivity index (χ0n) is 21.7. The van der Waals surface area contributed by atoms with E-state index < -0.39 is 23.4 Å². The minimum Gasteiger partial charge on any atom is -0.384 e. The molecule has 1 saturated heterocycles. The van der Waals surface area contributed by atoms with E-state index in [2.05, 4.69) is 26.3 Å². The van der Waals surface area contributed by atoms with Crippen molar-refractivity contribution in [1.82, 2.24) is 15.3 Å². The Morgan fingerprint density at radius 1 is 1.10 bits per heavy atom. The van der Waals surface area contributed by atoms with Gasteiger partial charge in [0.15, 0.2) is 0 Å². The lowest BCUT2D eigenvalue weighted by Crippen LogP contribution is -2.64. The number of rotatable bonds is 6. The third-order valence-corrected chi connectivity index (χ3v) is 8.59. The molecule has 40 heavy (non-hydrogen) atoms. The van der Waals surface area contributed by atoms with Crippen LogP contribution in [0.4, 0.5) is 26.0 Å². The van der Waals surface area contributed by atoms with E-state index >= 15 is 0 Å². The van der Waals surface area contributed by atoms with Crippen LogP contribution in [0, 0.1) is 5.92 Å². The van der Waals surface area contributed by atoms with Gasteiger partial charge >= 0.3 is 0 Å². The summed E-state index contributed by atoms with van der Waals surface area (Å²) in [4.78, 5) is 38.6. The zero-order valence-corrected chi connectivity index (χ0v) is 22.5. The Bertz CT molecular complexity index is 1440. The summed E-state index contributed by atoms with van der Waals surface area (Å²) in [6.45, 7) is 1.78. The number of benzene rings is 1. The van der Waals surface area contributed by atoms with E-state index in [1.165, 1.54) is 6.07 Å². The minimum absolute atomic E-state index is 0.122. The average Bonchev–Trinajstić information content (AvgIpc) is 3.17. The number of amides is 2. The van der Waals surface area contributed by atoms with Gasteiger partial charge in [-0.3, -0.25) is 14.6 Å². The predicted molar refractivity (Wildman–Crippen MR) is 149 cm³/mol. The second-order valence-electron chi connectivity index (χ2n) is 10.9. The SMILES string of the molecule is Nc1ccc(N2CC3(C2)C(=O)N(C[C@H]2CC[C@H](NC(=O)c4cc(Cl)cnc4C(F)F)CC2)c2ccccc23)cn1. The van der Waals surface area contributed by atoms with Crippen LogP contribution in [0.1, 0.15) is 53.7 Å². The molecule has 6 rings (SSSR count). The molecule has 3 N–H and O–H groups in total. The zero-order chi connectivity index (χ0) is 28.0. The molecule has 3 aliphatic rings. The van der Waals surface area contributed by atoms with Crippen LogP contribution in [0.25, 0.3) is 0 Å². The Labute approximate surface area is 235 Å². The summed E-state index contributed by atoms with van der Waals surface area (Å²) >= 11 is 5.91. The monoisotopic (exact) mass is 566 g/mol. The van der Waals surface area contributed by atoms with Gasteiger partial charge in [0.05, 0.1) is 22.5 Å². The van der Waals surface area contributed by atoms with E-state index in [0.29, 0.717) is 38.3 Å². The molecule has 2 fully saturated rings. The Morgan fingerprint density at radius 3 is 2.55 bits per heavy atom. The quantitative estimate of drug-likeness (QED) is 0.446. The molecule has 0 radical (unpaired) electrons. The second kappa shape index (κ2) is 10.3. The number of nitrogen functional groups attached to an aromatic ring is 1. The first-order chi connectivity index (χ1) is 19.2. The van der Waals surface area contributed by atoms with Gasteiger partial charge in [0, 0.05) is 37.6 Å². The fourth-order valence-corrected chi connectivity index (χ4v) is 6.43. The number of hydrogen-bond acceptors (Lipinski definition) is 6. The number of pyridine rings is 2. The van der Waals surface area contributed by atoms with Crippen molar-refractivity contribution < 1.29 is 18.4 Å². The predicted octanol–water partition coefficient (Wildman–Crippen LogP) is 4.74. The highest BCUT2D eigenvalue weighted by Gasteiger charge is 2.58. The fourth-order valence-electron chi connectivity index (χ4n) is 6.27. The van der Waals surface area contributed by atoms with Crippen molar-refractivity contribution in [3.8, 4) is 0 Å². The molecule has 2 aliphatic heterocycles. The third kappa shape index (κ3) is 4.64. The topological polar surface area (TPSA) is 104 Å². The lowest BCUT2D eigenvalue weighted by Gasteiger charge is -2.48. The number of fused-ring (bicyclic) bond motifs is 2. The Kier molecular flexibility index (Phi) is 6.82. The average molecular weight is 567 g/mol. The molecule has 8 nitrogen and oxygen atoms in total. The number of carbonyl (C=O) groups excluding carboxylic acids is 2. The molecule has 0 atom stereocenters. The fraction of sp³-hybridized carbons (Fsp3) is 0.379. The van der Waals surface area contributed by atoms with Crippen molar-refractivity contribution in [3.05, 3.63) is 76.7 Å². The molecule has 1 saturated carbocycles. The van der Waals surface area contributed by atoms with E-state index in [0.717, 1.165) is 36.0 Å². The van der Waals surface area contributed by atoms with Crippen molar-refractivity contribution >= 4 is 40.6 Å². The number of nitrogens with one attached hydrogen (secondary N) is 1. The van der Waals surface area contributed by atoms with E-state index in [-0.39, 0.29) is 28.5 Å². The number of carbonyl (C=O) groups is 2. The van der Waals surface area contributed by atoms with Crippen LogP contribution >= 0.6 is 11.6 Å². The van der Waals surface area contributed by atoms with Gasteiger partial charge in [0.1, 0.15) is 16.9 Å². The number of aromatic nitrogens is 2. The van der Waals surface area contributed by atoms with Crippen LogP contribution in [0.15, 0.2) is 54.9 Å². The summed E-state index contributed by atoms with van der Waals surface area (Å²) < 4.78 is 26.7. The van der Waals surface area contributed by atoms with Gasteiger partial charge in [0.2, 0.25) is 5.91 Å². The molecule has 208 valence electrons. The minimum atomic E-state index is -2.87. The molecule has 2 amide bonds. The van der Waals surface area contributed by atoms with Crippen LogP contribution in [0.5, 0.6) is 0 Å². The van der Waals surface area contributed by atoms with Gasteiger partial charge in [-0.2, -0.15) is 0 Å². The smallest absolute Gasteiger partial charge is 0.281 e. The molecule has 0 unspecified atom stereocenters. The first-order valence-electron chi connectivity index (χ1n) is 13.4. The van der Waals surface area contributed by atoms with Crippen LogP contribution in [-0.4, -0.2) is 47.5 Å². The maximum absolute atomic E-state index is 13.9. The summed E-state index contributed by atoms with van der Waals surface area (Å²) in [5.74, 6) is 0.255. The van der Waals surface area contributed by atoms with Crippen molar-refractivity contribution in [2.75, 3.05) is 35.2 Å². The first kappa shape index (κ1) is 26.4. The van der Waals surface area contributed by atoms with E-state index in [1.54, 1.807) is 12.3 Å². The summed E-state index contributed by atoms with van der Waals surface area (Å²) in [6.07, 6.45) is 2.99. The molecular formula is C29H29ClF2N6O2. The number of anilines is 3. The first-order valence-corrected chi connectivity index (χ1v) is 13.8. The maximum Gasteiger partial charge on any atom is 0.281 e. The van der Waals surface area contributed by atoms with Crippen molar-refractivity contribution in [2.45, 2.75) is 43.6 Å². The standard InChI is InChI=1S/C29H29ClF2N6O2/c30-18-11-21(25(26(31)32)35-12-18)27(39)36-19-7-5-17(6-8-19)14-38-23-4-2-1-3-22(23)29(28(38)40)15-37(16-29)20-9-10-24(33)34-13-20/h1-4,9-13,17,19,26H,5-8,14-16H2,(H2,33,34)(H,36,39)/t17-,19-. The third-order valence-electron chi connectivity index (χ3n) is 8.38. The van der Waals surface area contributed by atoms with Crippen LogP contribution in [0.2, 0.25) is 5.02 Å².